The molecule has 7 nitrogen and oxygen atoms in total. The summed E-state index contributed by atoms with van der Waals surface area (Å²) in [7, 11) is 0. The summed E-state index contributed by atoms with van der Waals surface area (Å²) >= 11 is 0. The van der Waals surface area contributed by atoms with Crippen molar-refractivity contribution in [3.8, 4) is 0 Å². The van der Waals surface area contributed by atoms with Crippen molar-refractivity contribution in [3.63, 3.8) is 0 Å². The van der Waals surface area contributed by atoms with Crippen LogP contribution in [-0.4, -0.2) is 35.3 Å². The molecule has 2 atom stereocenters. The molecule has 27 heavy (non-hydrogen) atoms. The minimum atomic E-state index is -1.21. The van der Waals surface area contributed by atoms with Crippen molar-refractivity contribution in [1.82, 2.24) is 5.32 Å². The number of benzene rings is 2. The molecule has 1 amide bonds. The first-order chi connectivity index (χ1) is 13.0. The smallest absolute Gasteiger partial charge is 0.480 e. The summed E-state index contributed by atoms with van der Waals surface area (Å²) < 4.78 is 10.2. The Kier molecular flexibility index (Phi) is 7.37. The molecule has 0 saturated heterocycles. The summed E-state index contributed by atoms with van der Waals surface area (Å²) in [5.74, 6) is -1.89. The van der Waals surface area contributed by atoms with Gasteiger partial charge in [0.25, 0.3) is 5.91 Å². The lowest BCUT2D eigenvalue weighted by Crippen LogP contribution is -2.46. The van der Waals surface area contributed by atoms with Crippen LogP contribution < -0.4 is 5.32 Å². The Morgan fingerprint density at radius 1 is 0.963 bits per heavy atom. The molecule has 0 radical (unpaired) electrons. The van der Waals surface area contributed by atoms with E-state index in [4.69, 9.17) is 14.6 Å². The molecule has 0 aliphatic rings. The monoisotopic (exact) mass is 371 g/mol. The van der Waals surface area contributed by atoms with E-state index in [1.165, 1.54) is 6.92 Å². The van der Waals surface area contributed by atoms with Gasteiger partial charge in [0.2, 0.25) is 0 Å². The van der Waals surface area contributed by atoms with Crippen molar-refractivity contribution < 1.29 is 29.0 Å². The van der Waals surface area contributed by atoms with Gasteiger partial charge in [-0.1, -0.05) is 60.7 Å². The van der Waals surface area contributed by atoms with Crippen molar-refractivity contribution in [2.45, 2.75) is 32.1 Å². The molecule has 0 fully saturated rings. The summed E-state index contributed by atoms with van der Waals surface area (Å²) in [5, 5.41) is 11.3. The van der Waals surface area contributed by atoms with E-state index >= 15 is 0 Å². The maximum absolute atomic E-state index is 12.4. The lowest BCUT2D eigenvalue weighted by molar-refractivity contribution is -0.143. The predicted octanol–water partition coefficient (Wildman–Crippen LogP) is 2.54. The summed E-state index contributed by atoms with van der Waals surface area (Å²) in [6.07, 6.45) is -2.12. The molecule has 0 saturated carbocycles. The van der Waals surface area contributed by atoms with E-state index in [1.807, 2.05) is 24.3 Å². The Bertz CT molecular complexity index is 763. The minimum Gasteiger partial charge on any atom is -0.480 e. The second-order valence-corrected chi connectivity index (χ2v) is 5.89. The van der Waals surface area contributed by atoms with Crippen molar-refractivity contribution >= 4 is 18.0 Å². The zero-order valence-corrected chi connectivity index (χ0v) is 14.8. The number of carboxylic acid groups (broad SMARTS) is 1. The van der Waals surface area contributed by atoms with Gasteiger partial charge >= 0.3 is 12.1 Å². The van der Waals surface area contributed by atoms with Gasteiger partial charge < -0.3 is 19.9 Å². The van der Waals surface area contributed by atoms with Crippen LogP contribution in [0.25, 0.3) is 0 Å². The fourth-order valence-corrected chi connectivity index (χ4v) is 2.25. The third kappa shape index (κ3) is 6.81. The Morgan fingerprint density at radius 3 is 2.07 bits per heavy atom. The molecule has 2 rings (SSSR count). The van der Waals surface area contributed by atoms with Gasteiger partial charge in [0.1, 0.15) is 12.6 Å². The highest BCUT2D eigenvalue weighted by Crippen LogP contribution is 2.09. The van der Waals surface area contributed by atoms with Gasteiger partial charge in [0.05, 0.1) is 0 Å². The quantitative estimate of drug-likeness (QED) is 0.692. The van der Waals surface area contributed by atoms with Gasteiger partial charge in [-0.3, -0.25) is 9.59 Å². The Morgan fingerprint density at radius 2 is 1.52 bits per heavy atom. The number of aliphatic carboxylic acids is 1. The van der Waals surface area contributed by atoms with Crippen LogP contribution in [0.4, 0.5) is 4.79 Å². The number of carbonyl (C=O) groups excluding carboxylic acids is 2. The standard InChI is InChI=1S/C20H21NO6/c1-14(19(23)24)21-18(22)17(12-15-8-4-2-5-9-15)27-20(25)26-13-16-10-6-3-7-11-16/h2-11,14,17H,12-13H2,1H3,(H,21,22)(H,23,24)/t14-,17-/m0/s1. The van der Waals surface area contributed by atoms with Gasteiger partial charge in [-0.15, -0.1) is 0 Å². The molecule has 0 heterocycles. The molecule has 7 heteroatoms. The van der Waals surface area contributed by atoms with E-state index in [0.29, 0.717) is 0 Å². The number of amides is 1. The first kappa shape index (κ1) is 20.0. The van der Waals surface area contributed by atoms with Crippen LogP contribution in [0.1, 0.15) is 18.1 Å². The molecule has 2 N–H and O–H groups in total. The molecule has 2 aromatic carbocycles. The van der Waals surface area contributed by atoms with Crippen molar-refractivity contribution in [2.24, 2.45) is 0 Å². The maximum Gasteiger partial charge on any atom is 0.509 e. The Hall–Kier alpha value is -3.35. The van der Waals surface area contributed by atoms with E-state index in [9.17, 15) is 14.4 Å². The number of ether oxygens (including phenoxy) is 2. The molecule has 0 bridgehead atoms. The summed E-state index contributed by atoms with van der Waals surface area (Å²) in [4.78, 5) is 35.3. The predicted molar refractivity (Wildman–Crippen MR) is 96.9 cm³/mol. The molecule has 2 aromatic rings. The average Bonchev–Trinajstić information content (AvgIpc) is 2.67. The van der Waals surface area contributed by atoms with Gasteiger partial charge in [0, 0.05) is 6.42 Å². The van der Waals surface area contributed by atoms with Crippen molar-refractivity contribution in [3.05, 3.63) is 71.8 Å². The fourth-order valence-electron chi connectivity index (χ4n) is 2.25. The van der Waals surface area contributed by atoms with Gasteiger partial charge in [-0.25, -0.2) is 4.79 Å². The minimum absolute atomic E-state index is 0.00484. The number of carbonyl (C=O) groups is 3. The molecule has 142 valence electrons. The highest BCUT2D eigenvalue weighted by Gasteiger charge is 2.27. The second-order valence-electron chi connectivity index (χ2n) is 5.89. The maximum atomic E-state index is 12.4. The van der Waals surface area contributed by atoms with Crippen LogP contribution in [0.5, 0.6) is 0 Å². The molecule has 0 spiro atoms. The lowest BCUT2D eigenvalue weighted by Gasteiger charge is -2.19. The highest BCUT2D eigenvalue weighted by atomic mass is 16.7. The SMILES string of the molecule is C[C@H](NC(=O)[C@H](Cc1ccccc1)OC(=O)OCc1ccccc1)C(=O)O. The first-order valence-corrected chi connectivity index (χ1v) is 8.40. The highest BCUT2D eigenvalue weighted by molar-refractivity contribution is 5.87. The van der Waals surface area contributed by atoms with E-state index in [1.54, 1.807) is 36.4 Å². The zero-order chi connectivity index (χ0) is 19.6. The van der Waals surface area contributed by atoms with Gasteiger partial charge in [0.15, 0.2) is 6.10 Å². The first-order valence-electron chi connectivity index (χ1n) is 8.40. The molecule has 0 aromatic heterocycles. The Balaban J connectivity index is 2.00. The largest absolute Gasteiger partial charge is 0.509 e. The number of nitrogens with one attached hydrogen (secondary N) is 1. The van der Waals surface area contributed by atoms with E-state index in [2.05, 4.69) is 5.32 Å². The van der Waals surface area contributed by atoms with Crippen molar-refractivity contribution in [2.75, 3.05) is 0 Å². The van der Waals surface area contributed by atoms with Gasteiger partial charge in [-0.2, -0.15) is 0 Å². The topological polar surface area (TPSA) is 102 Å². The number of hydrogen-bond acceptors (Lipinski definition) is 5. The van der Waals surface area contributed by atoms with Crippen LogP contribution in [0.3, 0.4) is 0 Å². The molecular formula is C20H21NO6. The van der Waals surface area contributed by atoms with Crippen LogP contribution in [0.2, 0.25) is 0 Å². The second kappa shape index (κ2) is 9.96. The average molecular weight is 371 g/mol. The molecule has 0 unspecified atom stereocenters. The zero-order valence-electron chi connectivity index (χ0n) is 14.8. The molecule has 0 aliphatic carbocycles. The molecule has 0 aliphatic heterocycles. The fraction of sp³-hybridized carbons (Fsp3) is 0.250. The number of hydrogen-bond donors (Lipinski definition) is 2. The van der Waals surface area contributed by atoms with Crippen LogP contribution >= 0.6 is 0 Å². The number of carboxylic acids is 1. The summed E-state index contributed by atoms with van der Waals surface area (Å²) in [6.45, 7) is 1.33. The summed E-state index contributed by atoms with van der Waals surface area (Å²) in [5.41, 5.74) is 1.54. The van der Waals surface area contributed by atoms with E-state index in [-0.39, 0.29) is 13.0 Å². The van der Waals surface area contributed by atoms with E-state index in [0.717, 1.165) is 11.1 Å². The van der Waals surface area contributed by atoms with Crippen LogP contribution in [0.15, 0.2) is 60.7 Å². The third-order valence-electron chi connectivity index (χ3n) is 3.72. The summed E-state index contributed by atoms with van der Waals surface area (Å²) in [6, 6.07) is 16.9. The lowest BCUT2D eigenvalue weighted by atomic mass is 10.1. The third-order valence-corrected chi connectivity index (χ3v) is 3.72. The van der Waals surface area contributed by atoms with Crippen LogP contribution in [0, 0.1) is 0 Å². The molecular weight excluding hydrogens is 350 g/mol. The van der Waals surface area contributed by atoms with Crippen LogP contribution in [-0.2, 0) is 32.1 Å². The van der Waals surface area contributed by atoms with Gasteiger partial charge in [-0.05, 0) is 18.1 Å². The van der Waals surface area contributed by atoms with Crippen molar-refractivity contribution in [1.29, 1.82) is 0 Å². The number of rotatable bonds is 8. The van der Waals surface area contributed by atoms with E-state index < -0.39 is 30.2 Å². The normalized spacial score (nSPS) is 12.5. The Labute approximate surface area is 156 Å².